The van der Waals surface area contributed by atoms with E-state index < -0.39 is 17.1 Å². The van der Waals surface area contributed by atoms with E-state index in [0.717, 1.165) is 12.8 Å². The Morgan fingerprint density at radius 3 is 2.61 bits per heavy atom. The third-order valence-corrected chi connectivity index (χ3v) is 3.73. The summed E-state index contributed by atoms with van der Waals surface area (Å²) in [6.45, 7) is 0. The lowest BCUT2D eigenvalue weighted by atomic mass is 9.98. The number of aliphatic hydroxyl groups is 1. The van der Waals surface area contributed by atoms with Crippen LogP contribution in [0.1, 0.15) is 24.4 Å². The summed E-state index contributed by atoms with van der Waals surface area (Å²) in [5, 5.41) is 30.6. The van der Waals surface area contributed by atoms with E-state index in [0.29, 0.717) is 0 Å². The third kappa shape index (κ3) is 2.47. The van der Waals surface area contributed by atoms with Crippen molar-refractivity contribution in [1.82, 2.24) is 0 Å². The number of non-ortho nitro benzene ring substituents is 1. The Labute approximate surface area is 112 Å². The molecule has 1 aliphatic rings. The Kier molecular flexibility index (Phi) is 3.56. The van der Waals surface area contributed by atoms with Crippen LogP contribution in [-0.4, -0.2) is 21.2 Å². The molecule has 7 heteroatoms. The molecule has 1 aromatic rings. The fourth-order valence-corrected chi connectivity index (χ4v) is 2.34. The quantitative estimate of drug-likeness (QED) is 0.580. The van der Waals surface area contributed by atoms with Gasteiger partial charge in [0.1, 0.15) is 5.75 Å². The summed E-state index contributed by atoms with van der Waals surface area (Å²) >= 11 is 3.04. The fraction of sp³-hybridized carbons (Fsp3) is 0.455. The molecule has 6 nitrogen and oxygen atoms in total. The molecule has 0 aromatic heterocycles. The minimum Gasteiger partial charge on any atom is -0.506 e. The van der Waals surface area contributed by atoms with Crippen molar-refractivity contribution >= 4 is 21.6 Å². The molecule has 18 heavy (non-hydrogen) atoms. The summed E-state index contributed by atoms with van der Waals surface area (Å²) in [5.74, 6) is -0.0368. The van der Waals surface area contributed by atoms with Crippen molar-refractivity contribution in [2.45, 2.75) is 25.0 Å². The summed E-state index contributed by atoms with van der Waals surface area (Å²) in [6, 6.07) is 1.58. The molecule has 1 aromatic carbocycles. The van der Waals surface area contributed by atoms with Crippen LogP contribution in [0.15, 0.2) is 16.6 Å². The van der Waals surface area contributed by atoms with Gasteiger partial charge in [0.25, 0.3) is 5.69 Å². The second-order valence-corrected chi connectivity index (χ2v) is 5.33. The zero-order valence-electron chi connectivity index (χ0n) is 9.41. The van der Waals surface area contributed by atoms with Crippen molar-refractivity contribution in [2.24, 2.45) is 11.7 Å². The van der Waals surface area contributed by atoms with Crippen LogP contribution < -0.4 is 5.73 Å². The largest absolute Gasteiger partial charge is 0.506 e. The van der Waals surface area contributed by atoms with E-state index in [9.17, 15) is 20.3 Å². The number of rotatable bonds is 4. The van der Waals surface area contributed by atoms with E-state index >= 15 is 0 Å². The Hall–Kier alpha value is -1.18. The molecule has 0 saturated heterocycles. The van der Waals surface area contributed by atoms with Gasteiger partial charge in [-0.3, -0.25) is 10.1 Å². The van der Waals surface area contributed by atoms with Gasteiger partial charge in [-0.1, -0.05) is 0 Å². The Morgan fingerprint density at radius 1 is 1.50 bits per heavy atom. The van der Waals surface area contributed by atoms with Crippen LogP contribution in [0.2, 0.25) is 0 Å². The molecule has 1 aliphatic carbocycles. The second kappa shape index (κ2) is 4.83. The molecule has 1 saturated carbocycles. The smallest absolute Gasteiger partial charge is 0.271 e. The number of phenols is 1. The van der Waals surface area contributed by atoms with Gasteiger partial charge in [0.2, 0.25) is 0 Å². The number of hydrogen-bond acceptors (Lipinski definition) is 5. The van der Waals surface area contributed by atoms with Crippen molar-refractivity contribution in [2.75, 3.05) is 0 Å². The van der Waals surface area contributed by atoms with Crippen LogP contribution in [-0.2, 0) is 0 Å². The average Bonchev–Trinajstić information content (AvgIpc) is 3.14. The van der Waals surface area contributed by atoms with Crippen molar-refractivity contribution in [3.8, 4) is 5.75 Å². The lowest BCUT2D eigenvalue weighted by Gasteiger charge is -2.20. The zero-order chi connectivity index (χ0) is 13.4. The summed E-state index contributed by atoms with van der Waals surface area (Å²) in [7, 11) is 0. The molecule has 0 bridgehead atoms. The van der Waals surface area contributed by atoms with Gasteiger partial charge in [-0.15, -0.1) is 0 Å². The van der Waals surface area contributed by atoms with Gasteiger partial charge in [0, 0.05) is 17.7 Å². The Morgan fingerprint density at radius 2 is 2.11 bits per heavy atom. The highest BCUT2D eigenvalue weighted by atomic mass is 79.9. The van der Waals surface area contributed by atoms with E-state index in [1.54, 1.807) is 0 Å². The highest BCUT2D eigenvalue weighted by Gasteiger charge is 2.36. The van der Waals surface area contributed by atoms with Gasteiger partial charge in [0.05, 0.1) is 21.5 Å². The first-order valence-corrected chi connectivity index (χ1v) is 6.31. The van der Waals surface area contributed by atoms with Crippen molar-refractivity contribution < 1.29 is 15.1 Å². The van der Waals surface area contributed by atoms with Crippen LogP contribution >= 0.6 is 15.9 Å². The number of aliphatic hydroxyl groups excluding tert-OH is 1. The molecule has 98 valence electrons. The zero-order valence-corrected chi connectivity index (χ0v) is 11.0. The van der Waals surface area contributed by atoms with E-state index in [1.807, 2.05) is 0 Å². The first-order valence-electron chi connectivity index (χ1n) is 5.52. The monoisotopic (exact) mass is 316 g/mol. The molecule has 4 N–H and O–H groups in total. The van der Waals surface area contributed by atoms with Crippen LogP contribution in [0.5, 0.6) is 5.75 Å². The first-order chi connectivity index (χ1) is 8.41. The minimum absolute atomic E-state index is 0.123. The molecule has 2 rings (SSSR count). The topological polar surface area (TPSA) is 110 Å². The molecule has 0 amide bonds. The summed E-state index contributed by atoms with van der Waals surface area (Å²) < 4.78 is 0.199. The highest BCUT2D eigenvalue weighted by Crippen LogP contribution is 2.41. The van der Waals surface area contributed by atoms with Crippen molar-refractivity contribution in [3.63, 3.8) is 0 Å². The predicted molar refractivity (Wildman–Crippen MR) is 68.1 cm³/mol. The number of nitrogens with two attached hydrogens (primary N) is 1. The molecule has 0 heterocycles. The molecule has 0 aliphatic heterocycles. The van der Waals surface area contributed by atoms with Crippen LogP contribution in [0.3, 0.4) is 0 Å². The first kappa shape index (κ1) is 13.3. The minimum atomic E-state index is -0.825. The van der Waals surface area contributed by atoms with E-state index in [-0.39, 0.29) is 27.4 Å². The van der Waals surface area contributed by atoms with Gasteiger partial charge in [-0.2, -0.15) is 0 Å². The number of phenolic OH excluding ortho intramolecular Hbond substituents is 1. The summed E-state index contributed by atoms with van der Waals surface area (Å²) in [4.78, 5) is 10.2. The van der Waals surface area contributed by atoms with Gasteiger partial charge in [-0.25, -0.2) is 0 Å². The van der Waals surface area contributed by atoms with Crippen LogP contribution in [0, 0.1) is 16.0 Å². The maximum atomic E-state index is 10.8. The predicted octanol–water partition coefficient (Wildman–Crippen LogP) is 1.83. The van der Waals surface area contributed by atoms with E-state index in [2.05, 4.69) is 15.9 Å². The maximum Gasteiger partial charge on any atom is 0.271 e. The van der Waals surface area contributed by atoms with Gasteiger partial charge in [0.15, 0.2) is 0 Å². The highest BCUT2D eigenvalue weighted by molar-refractivity contribution is 9.10. The standard InChI is InChI=1S/C11H13BrN2O4/c12-8-4-6(14(17)18)3-7(11(8)16)9(13)10(15)5-1-2-5/h3-5,9-10,15-16H,1-2,13H2/t9-,10+/m0/s1. The SMILES string of the molecule is N[C@@H](c1cc([N+](=O)[O-])cc(Br)c1O)[C@H](O)C1CC1. The van der Waals surface area contributed by atoms with E-state index in [1.165, 1.54) is 12.1 Å². The molecule has 0 unspecified atom stereocenters. The molecule has 2 atom stereocenters. The van der Waals surface area contributed by atoms with Crippen LogP contribution in [0.25, 0.3) is 0 Å². The summed E-state index contributed by atoms with van der Waals surface area (Å²) in [5.41, 5.74) is 5.88. The van der Waals surface area contributed by atoms with Crippen molar-refractivity contribution in [3.05, 3.63) is 32.3 Å². The second-order valence-electron chi connectivity index (χ2n) is 4.48. The fourth-order valence-electron chi connectivity index (χ4n) is 1.88. The lowest BCUT2D eigenvalue weighted by Crippen LogP contribution is -2.28. The number of hydrogen-bond donors (Lipinski definition) is 3. The number of nitrogens with zero attached hydrogens (tertiary/aromatic N) is 1. The number of benzene rings is 1. The summed E-state index contributed by atoms with van der Waals surface area (Å²) in [6.07, 6.45) is 1.00. The lowest BCUT2D eigenvalue weighted by molar-refractivity contribution is -0.385. The molecular weight excluding hydrogens is 304 g/mol. The van der Waals surface area contributed by atoms with Gasteiger partial charge in [-0.05, 0) is 34.7 Å². The molecule has 1 fully saturated rings. The number of halogens is 1. The van der Waals surface area contributed by atoms with Crippen LogP contribution in [0.4, 0.5) is 5.69 Å². The normalized spacial score (nSPS) is 18.4. The number of aromatic hydroxyl groups is 1. The number of nitro benzene ring substituents is 1. The van der Waals surface area contributed by atoms with E-state index in [4.69, 9.17) is 5.73 Å². The maximum absolute atomic E-state index is 10.8. The number of nitro groups is 1. The average molecular weight is 317 g/mol. The third-order valence-electron chi connectivity index (χ3n) is 3.12. The van der Waals surface area contributed by atoms with Gasteiger partial charge < -0.3 is 15.9 Å². The Bertz CT molecular complexity index is 490. The Balaban J connectivity index is 2.38. The molecular formula is C11H13BrN2O4. The van der Waals surface area contributed by atoms with Gasteiger partial charge >= 0.3 is 0 Å². The molecule has 0 spiro atoms. The van der Waals surface area contributed by atoms with Crippen molar-refractivity contribution in [1.29, 1.82) is 0 Å². The molecule has 0 radical (unpaired) electrons.